The molecule has 0 unspecified atom stereocenters. The van der Waals surface area contributed by atoms with E-state index in [1.165, 1.54) is 26.4 Å². The van der Waals surface area contributed by atoms with E-state index in [1.54, 1.807) is 61.5 Å². The molecular weight excluding hydrogens is 404 g/mol. The highest BCUT2D eigenvalue weighted by Gasteiger charge is 2.16. The molecule has 0 saturated carbocycles. The Hall–Kier alpha value is -3.52. The second-order valence-electron chi connectivity index (χ2n) is 6.47. The molecule has 0 atom stereocenters. The summed E-state index contributed by atoms with van der Waals surface area (Å²) in [6.07, 6.45) is 0. The van der Waals surface area contributed by atoms with Crippen LogP contribution in [-0.4, -0.2) is 28.5 Å². The van der Waals surface area contributed by atoms with Crippen LogP contribution in [0, 0.1) is 6.92 Å². The first-order chi connectivity index (χ1) is 14.3. The molecule has 2 N–H and O–H groups in total. The maximum atomic E-state index is 12.6. The molecule has 3 aromatic rings. The number of benzene rings is 3. The number of rotatable bonds is 7. The molecule has 0 aliphatic rings. The Kier molecular flexibility index (Phi) is 6.27. The zero-order valence-electron chi connectivity index (χ0n) is 16.8. The van der Waals surface area contributed by atoms with Crippen LogP contribution in [0.25, 0.3) is 0 Å². The molecule has 156 valence electrons. The minimum atomic E-state index is -3.71. The summed E-state index contributed by atoms with van der Waals surface area (Å²) in [7, 11) is -0.658. The standard InChI is InChI=1S/C22H22N2O5S/c1-15-13-16(22(25)23-17-10-12-20(28-2)21(14-17)29-3)9-11-19(15)24-30(26,27)18-7-5-4-6-8-18/h4-14,24H,1-3H3,(H,23,25). The fourth-order valence-electron chi connectivity index (χ4n) is 2.84. The van der Waals surface area contributed by atoms with Gasteiger partial charge in [-0.15, -0.1) is 0 Å². The van der Waals surface area contributed by atoms with E-state index in [0.717, 1.165) is 0 Å². The van der Waals surface area contributed by atoms with E-state index in [9.17, 15) is 13.2 Å². The average Bonchev–Trinajstić information content (AvgIpc) is 2.75. The molecule has 30 heavy (non-hydrogen) atoms. The highest BCUT2D eigenvalue weighted by Crippen LogP contribution is 2.30. The lowest BCUT2D eigenvalue weighted by Gasteiger charge is -2.13. The van der Waals surface area contributed by atoms with Crippen LogP contribution in [0.4, 0.5) is 11.4 Å². The van der Waals surface area contributed by atoms with E-state index in [-0.39, 0.29) is 10.8 Å². The number of methoxy groups -OCH3 is 2. The lowest BCUT2D eigenvalue weighted by atomic mass is 10.1. The molecule has 1 amide bonds. The molecule has 0 saturated heterocycles. The van der Waals surface area contributed by atoms with Crippen molar-refractivity contribution in [3.05, 3.63) is 77.9 Å². The topological polar surface area (TPSA) is 93.7 Å². The smallest absolute Gasteiger partial charge is 0.261 e. The summed E-state index contributed by atoms with van der Waals surface area (Å²) in [6, 6.07) is 17.9. The van der Waals surface area contributed by atoms with Crippen LogP contribution in [0.2, 0.25) is 0 Å². The number of sulfonamides is 1. The van der Waals surface area contributed by atoms with E-state index in [4.69, 9.17) is 9.47 Å². The number of hydrogen-bond acceptors (Lipinski definition) is 5. The first-order valence-electron chi connectivity index (χ1n) is 9.06. The second-order valence-corrected chi connectivity index (χ2v) is 8.15. The number of ether oxygens (including phenoxy) is 2. The van der Waals surface area contributed by atoms with Gasteiger partial charge in [-0.3, -0.25) is 9.52 Å². The molecule has 8 heteroatoms. The molecule has 0 fully saturated rings. The quantitative estimate of drug-likeness (QED) is 0.594. The van der Waals surface area contributed by atoms with E-state index in [1.807, 2.05) is 0 Å². The van der Waals surface area contributed by atoms with E-state index in [0.29, 0.717) is 34.0 Å². The highest BCUT2D eigenvalue weighted by molar-refractivity contribution is 7.92. The monoisotopic (exact) mass is 426 g/mol. The molecule has 0 aromatic heterocycles. The molecule has 0 aliphatic heterocycles. The van der Waals surface area contributed by atoms with Crippen LogP contribution >= 0.6 is 0 Å². The minimum Gasteiger partial charge on any atom is -0.493 e. The van der Waals surface area contributed by atoms with E-state index < -0.39 is 10.0 Å². The summed E-state index contributed by atoms with van der Waals surface area (Å²) in [4.78, 5) is 12.8. The predicted molar refractivity (Wildman–Crippen MR) is 116 cm³/mol. The number of nitrogens with one attached hydrogen (secondary N) is 2. The van der Waals surface area contributed by atoms with Gasteiger partial charge in [0.25, 0.3) is 15.9 Å². The van der Waals surface area contributed by atoms with Crippen LogP contribution in [0.3, 0.4) is 0 Å². The average molecular weight is 426 g/mol. The van der Waals surface area contributed by atoms with Gasteiger partial charge in [0.2, 0.25) is 0 Å². The molecule has 3 aromatic carbocycles. The van der Waals surface area contributed by atoms with Crippen molar-refractivity contribution in [2.75, 3.05) is 24.3 Å². The first kappa shape index (κ1) is 21.2. The predicted octanol–water partition coefficient (Wildman–Crippen LogP) is 4.07. The van der Waals surface area contributed by atoms with Crippen LogP contribution in [0.15, 0.2) is 71.6 Å². The van der Waals surface area contributed by atoms with Gasteiger partial charge < -0.3 is 14.8 Å². The summed E-state index contributed by atoms with van der Waals surface area (Å²) < 4.78 is 38.0. The van der Waals surface area contributed by atoms with Crippen LogP contribution in [-0.2, 0) is 10.0 Å². The Labute approximate surface area is 175 Å². The zero-order chi connectivity index (χ0) is 21.7. The second kappa shape index (κ2) is 8.87. The number of carbonyl (C=O) groups excluding carboxylic acids is 1. The van der Waals surface area contributed by atoms with Gasteiger partial charge in [-0.25, -0.2) is 8.42 Å². The van der Waals surface area contributed by atoms with Gasteiger partial charge in [0.15, 0.2) is 11.5 Å². The minimum absolute atomic E-state index is 0.166. The maximum Gasteiger partial charge on any atom is 0.261 e. The third-order valence-corrected chi connectivity index (χ3v) is 5.81. The SMILES string of the molecule is COc1ccc(NC(=O)c2ccc(NS(=O)(=O)c3ccccc3)c(C)c2)cc1OC. The van der Waals surface area contributed by atoms with Crippen LogP contribution < -0.4 is 19.5 Å². The van der Waals surface area contributed by atoms with E-state index >= 15 is 0 Å². The number of amides is 1. The van der Waals surface area contributed by atoms with Gasteiger partial charge in [0, 0.05) is 17.3 Å². The van der Waals surface area contributed by atoms with Crippen molar-refractivity contribution in [3.63, 3.8) is 0 Å². The van der Waals surface area contributed by atoms with Gasteiger partial charge >= 0.3 is 0 Å². The van der Waals surface area contributed by atoms with Crippen molar-refractivity contribution in [2.24, 2.45) is 0 Å². The fourth-order valence-corrected chi connectivity index (χ4v) is 3.99. The number of carbonyl (C=O) groups is 1. The summed E-state index contributed by atoms with van der Waals surface area (Å²) in [5, 5.41) is 2.79. The first-order valence-corrected chi connectivity index (χ1v) is 10.5. The molecule has 0 spiro atoms. The Morgan fingerprint density at radius 3 is 2.20 bits per heavy atom. The molecule has 7 nitrogen and oxygen atoms in total. The zero-order valence-corrected chi connectivity index (χ0v) is 17.6. The van der Waals surface area contributed by atoms with Crippen molar-refractivity contribution in [1.29, 1.82) is 0 Å². The lowest BCUT2D eigenvalue weighted by Crippen LogP contribution is -2.15. The summed E-state index contributed by atoms with van der Waals surface area (Å²) in [5.74, 6) is 0.723. The number of hydrogen-bond donors (Lipinski definition) is 2. The van der Waals surface area contributed by atoms with Gasteiger partial charge in [-0.2, -0.15) is 0 Å². The molecule has 0 heterocycles. The molecule has 0 aliphatic carbocycles. The number of aryl methyl sites for hydroxylation is 1. The summed E-state index contributed by atoms with van der Waals surface area (Å²) in [5.41, 5.74) is 1.96. The normalized spacial score (nSPS) is 10.9. The Morgan fingerprint density at radius 2 is 1.57 bits per heavy atom. The third kappa shape index (κ3) is 4.72. The molecule has 0 bridgehead atoms. The van der Waals surface area contributed by atoms with Crippen molar-refractivity contribution in [2.45, 2.75) is 11.8 Å². The van der Waals surface area contributed by atoms with Crippen molar-refractivity contribution >= 4 is 27.3 Å². The highest BCUT2D eigenvalue weighted by atomic mass is 32.2. The van der Waals surface area contributed by atoms with Crippen molar-refractivity contribution in [3.8, 4) is 11.5 Å². The van der Waals surface area contributed by atoms with Crippen LogP contribution in [0.1, 0.15) is 15.9 Å². The van der Waals surface area contributed by atoms with Crippen LogP contribution in [0.5, 0.6) is 11.5 Å². The molecular formula is C22H22N2O5S. The largest absolute Gasteiger partial charge is 0.493 e. The molecule has 0 radical (unpaired) electrons. The summed E-state index contributed by atoms with van der Waals surface area (Å²) in [6.45, 7) is 1.73. The van der Waals surface area contributed by atoms with Gasteiger partial charge in [-0.05, 0) is 55.0 Å². The summed E-state index contributed by atoms with van der Waals surface area (Å²) >= 11 is 0. The lowest BCUT2D eigenvalue weighted by molar-refractivity contribution is 0.102. The van der Waals surface area contributed by atoms with Crippen molar-refractivity contribution < 1.29 is 22.7 Å². The van der Waals surface area contributed by atoms with Gasteiger partial charge in [0.1, 0.15) is 0 Å². The number of anilines is 2. The van der Waals surface area contributed by atoms with Gasteiger partial charge in [-0.1, -0.05) is 18.2 Å². The molecule has 3 rings (SSSR count). The van der Waals surface area contributed by atoms with E-state index in [2.05, 4.69) is 10.0 Å². The van der Waals surface area contributed by atoms with Crippen molar-refractivity contribution in [1.82, 2.24) is 0 Å². The van der Waals surface area contributed by atoms with Gasteiger partial charge in [0.05, 0.1) is 24.8 Å². The third-order valence-electron chi connectivity index (χ3n) is 4.43. The maximum absolute atomic E-state index is 12.6. The Balaban J connectivity index is 1.77. The fraction of sp³-hybridized carbons (Fsp3) is 0.136. The Morgan fingerprint density at radius 1 is 0.867 bits per heavy atom. The Bertz CT molecular complexity index is 1160.